The zero-order chi connectivity index (χ0) is 13.8. The van der Waals surface area contributed by atoms with Crippen LogP contribution in [0.1, 0.15) is 22.5 Å². The fraction of sp³-hybridized carbons (Fsp3) is 0.400. The summed E-state index contributed by atoms with van der Waals surface area (Å²) < 4.78 is 7.19. The fourth-order valence-corrected chi connectivity index (χ4v) is 2.56. The summed E-state index contributed by atoms with van der Waals surface area (Å²) >= 11 is 5.93. The van der Waals surface area contributed by atoms with Crippen molar-refractivity contribution in [3.63, 3.8) is 0 Å². The zero-order valence-corrected chi connectivity index (χ0v) is 12.4. The maximum Gasteiger partial charge on any atom is 0.118 e. The van der Waals surface area contributed by atoms with E-state index in [4.69, 9.17) is 16.3 Å². The van der Waals surface area contributed by atoms with Gasteiger partial charge in [0.2, 0.25) is 0 Å². The van der Waals surface area contributed by atoms with E-state index < -0.39 is 0 Å². The first-order chi connectivity index (χ1) is 9.15. The van der Waals surface area contributed by atoms with Gasteiger partial charge < -0.3 is 4.74 Å². The molecule has 0 N–H and O–H groups in total. The highest BCUT2D eigenvalue weighted by Crippen LogP contribution is 2.17. The van der Waals surface area contributed by atoms with Gasteiger partial charge in [0.15, 0.2) is 0 Å². The monoisotopic (exact) mass is 278 g/mol. The number of ether oxygens (including phenoxy) is 1. The smallest absolute Gasteiger partial charge is 0.118 e. The molecule has 4 heteroatoms. The van der Waals surface area contributed by atoms with Crippen LogP contribution in [0.25, 0.3) is 0 Å². The number of aromatic nitrogens is 2. The van der Waals surface area contributed by atoms with Gasteiger partial charge in [0.05, 0.1) is 18.7 Å². The molecule has 0 atom stereocenters. The predicted octanol–water partition coefficient (Wildman–Crippen LogP) is 3.49. The lowest BCUT2D eigenvalue weighted by atomic mass is 10.1. The van der Waals surface area contributed by atoms with Gasteiger partial charge in [0.1, 0.15) is 5.75 Å². The molecule has 0 fully saturated rings. The van der Waals surface area contributed by atoms with Crippen LogP contribution >= 0.6 is 11.6 Å². The molecule has 0 unspecified atom stereocenters. The van der Waals surface area contributed by atoms with Crippen LogP contribution in [0.3, 0.4) is 0 Å². The van der Waals surface area contributed by atoms with Crippen LogP contribution in [0.5, 0.6) is 5.75 Å². The van der Waals surface area contributed by atoms with Gasteiger partial charge in [-0.3, -0.25) is 4.68 Å². The molecular weight excluding hydrogens is 260 g/mol. The summed E-state index contributed by atoms with van der Waals surface area (Å²) in [4.78, 5) is 0. The van der Waals surface area contributed by atoms with Gasteiger partial charge in [0.25, 0.3) is 0 Å². The summed E-state index contributed by atoms with van der Waals surface area (Å²) in [5, 5.41) is 4.54. The Morgan fingerprint density at radius 1 is 1.21 bits per heavy atom. The molecule has 0 bridgehead atoms. The minimum absolute atomic E-state index is 0.528. The molecule has 1 heterocycles. The molecule has 0 amide bonds. The molecule has 0 aliphatic carbocycles. The molecule has 2 rings (SSSR count). The Morgan fingerprint density at radius 2 is 1.89 bits per heavy atom. The van der Waals surface area contributed by atoms with Crippen molar-refractivity contribution in [2.45, 2.75) is 32.7 Å². The lowest BCUT2D eigenvalue weighted by Crippen LogP contribution is -2.05. The minimum atomic E-state index is 0.528. The largest absolute Gasteiger partial charge is 0.497 e. The van der Waals surface area contributed by atoms with E-state index >= 15 is 0 Å². The van der Waals surface area contributed by atoms with Crippen LogP contribution in [0.4, 0.5) is 0 Å². The van der Waals surface area contributed by atoms with Crippen LogP contribution in [0, 0.1) is 13.8 Å². The normalized spacial score (nSPS) is 10.7. The Kier molecular flexibility index (Phi) is 4.48. The molecule has 3 nitrogen and oxygen atoms in total. The van der Waals surface area contributed by atoms with Crippen molar-refractivity contribution < 1.29 is 4.74 Å². The fourth-order valence-electron chi connectivity index (χ4n) is 2.17. The lowest BCUT2D eigenvalue weighted by Gasteiger charge is -2.06. The van der Waals surface area contributed by atoms with Crippen molar-refractivity contribution in [1.29, 1.82) is 0 Å². The van der Waals surface area contributed by atoms with Crippen molar-refractivity contribution in [2.24, 2.45) is 0 Å². The number of alkyl halides is 1. The van der Waals surface area contributed by atoms with Gasteiger partial charge in [-0.2, -0.15) is 5.10 Å². The van der Waals surface area contributed by atoms with Crippen molar-refractivity contribution in [1.82, 2.24) is 9.78 Å². The van der Waals surface area contributed by atoms with Crippen molar-refractivity contribution in [2.75, 3.05) is 7.11 Å². The standard InChI is InChI=1S/C15H19ClN2O/c1-11-15(10-16)12(2)18(17-11)9-8-13-4-6-14(19-3)7-5-13/h4-7H,8-10H2,1-3H3. The summed E-state index contributed by atoms with van der Waals surface area (Å²) in [7, 11) is 1.68. The predicted molar refractivity (Wildman–Crippen MR) is 78.0 cm³/mol. The number of aryl methyl sites for hydroxylation is 3. The van der Waals surface area contributed by atoms with Crippen LogP contribution in [-0.4, -0.2) is 16.9 Å². The molecular formula is C15H19ClN2O. The van der Waals surface area contributed by atoms with Crippen LogP contribution in [0.2, 0.25) is 0 Å². The van der Waals surface area contributed by atoms with E-state index in [0.717, 1.165) is 30.0 Å². The van der Waals surface area contributed by atoms with Gasteiger partial charge in [-0.25, -0.2) is 0 Å². The number of rotatable bonds is 5. The number of methoxy groups -OCH3 is 1. The number of benzene rings is 1. The number of hydrogen-bond donors (Lipinski definition) is 0. The first-order valence-corrected chi connectivity index (χ1v) is 6.91. The van der Waals surface area contributed by atoms with E-state index in [-0.39, 0.29) is 0 Å². The number of nitrogens with zero attached hydrogens (tertiary/aromatic N) is 2. The van der Waals surface area contributed by atoms with Gasteiger partial charge in [-0.15, -0.1) is 11.6 Å². The number of hydrogen-bond acceptors (Lipinski definition) is 2. The summed E-state index contributed by atoms with van der Waals surface area (Å²) in [6.45, 7) is 4.95. The average molecular weight is 279 g/mol. The first kappa shape index (κ1) is 13.9. The molecule has 102 valence electrons. The summed E-state index contributed by atoms with van der Waals surface area (Å²) in [5.74, 6) is 1.42. The molecule has 0 aliphatic rings. The van der Waals surface area contributed by atoms with Gasteiger partial charge in [-0.05, 0) is 38.0 Å². The highest BCUT2D eigenvalue weighted by molar-refractivity contribution is 6.17. The Hall–Kier alpha value is -1.48. The van der Waals surface area contributed by atoms with Crippen molar-refractivity contribution >= 4 is 11.6 Å². The molecule has 0 saturated carbocycles. The second kappa shape index (κ2) is 6.11. The van der Waals surface area contributed by atoms with Crippen molar-refractivity contribution in [3.8, 4) is 5.75 Å². The summed E-state index contributed by atoms with van der Waals surface area (Å²) in [6.07, 6.45) is 0.952. The molecule has 19 heavy (non-hydrogen) atoms. The quantitative estimate of drug-likeness (QED) is 0.783. The van der Waals surface area contributed by atoms with E-state index in [9.17, 15) is 0 Å². The molecule has 1 aromatic heterocycles. The van der Waals surface area contributed by atoms with Crippen LogP contribution in [-0.2, 0) is 18.8 Å². The van der Waals surface area contributed by atoms with Gasteiger partial charge in [-0.1, -0.05) is 12.1 Å². The third-order valence-corrected chi connectivity index (χ3v) is 3.70. The minimum Gasteiger partial charge on any atom is -0.497 e. The zero-order valence-electron chi connectivity index (χ0n) is 11.6. The topological polar surface area (TPSA) is 27.1 Å². The van der Waals surface area contributed by atoms with Gasteiger partial charge in [0, 0.05) is 17.8 Å². The third-order valence-electron chi connectivity index (χ3n) is 3.44. The lowest BCUT2D eigenvalue weighted by molar-refractivity contribution is 0.414. The average Bonchev–Trinajstić information content (AvgIpc) is 2.71. The number of halogens is 1. The highest BCUT2D eigenvalue weighted by Gasteiger charge is 2.09. The third kappa shape index (κ3) is 3.10. The molecule has 0 radical (unpaired) electrons. The maximum absolute atomic E-state index is 5.93. The molecule has 0 aliphatic heterocycles. The Morgan fingerprint density at radius 3 is 2.42 bits per heavy atom. The Bertz CT molecular complexity index is 546. The molecule has 0 saturated heterocycles. The Balaban J connectivity index is 2.05. The van der Waals surface area contributed by atoms with Crippen molar-refractivity contribution in [3.05, 3.63) is 46.8 Å². The molecule has 1 aromatic carbocycles. The van der Waals surface area contributed by atoms with Crippen LogP contribution < -0.4 is 4.74 Å². The molecule has 2 aromatic rings. The van der Waals surface area contributed by atoms with Crippen LogP contribution in [0.15, 0.2) is 24.3 Å². The summed E-state index contributed by atoms with van der Waals surface area (Å²) in [6, 6.07) is 8.15. The maximum atomic E-state index is 5.93. The second-order valence-electron chi connectivity index (χ2n) is 4.60. The van der Waals surface area contributed by atoms with Gasteiger partial charge >= 0.3 is 0 Å². The SMILES string of the molecule is COc1ccc(CCn2nc(C)c(CCl)c2C)cc1. The summed E-state index contributed by atoms with van der Waals surface area (Å²) in [5.41, 5.74) is 4.63. The Labute approximate surface area is 119 Å². The van der Waals surface area contributed by atoms with E-state index in [1.54, 1.807) is 7.11 Å². The van der Waals surface area contributed by atoms with E-state index in [2.05, 4.69) is 24.2 Å². The molecule has 0 spiro atoms. The van der Waals surface area contributed by atoms with E-state index in [1.165, 1.54) is 11.3 Å². The van der Waals surface area contributed by atoms with E-state index in [0.29, 0.717) is 5.88 Å². The first-order valence-electron chi connectivity index (χ1n) is 6.37. The second-order valence-corrected chi connectivity index (χ2v) is 4.87. The van der Waals surface area contributed by atoms with E-state index in [1.807, 2.05) is 23.7 Å². The highest BCUT2D eigenvalue weighted by atomic mass is 35.5.